The second-order valence-corrected chi connectivity index (χ2v) is 9.33. The Balaban J connectivity index is 1.54. The quantitative estimate of drug-likeness (QED) is 0.193. The van der Waals surface area contributed by atoms with Crippen molar-refractivity contribution in [1.29, 1.82) is 5.26 Å². The molecule has 0 saturated carbocycles. The Bertz CT molecular complexity index is 1340. The van der Waals surface area contributed by atoms with Crippen LogP contribution in [0.1, 0.15) is 5.56 Å². The van der Waals surface area contributed by atoms with Gasteiger partial charge in [0.15, 0.2) is 0 Å². The summed E-state index contributed by atoms with van der Waals surface area (Å²) in [5.74, 6) is 0.631. The van der Waals surface area contributed by atoms with Gasteiger partial charge in [0.2, 0.25) is 0 Å². The third-order valence-electron chi connectivity index (χ3n) is 5.11. The summed E-state index contributed by atoms with van der Waals surface area (Å²) < 4.78 is 29.8. The van der Waals surface area contributed by atoms with Crippen LogP contribution in [0.2, 0.25) is 0 Å². The Morgan fingerprint density at radius 2 is 1.33 bits per heavy atom. The van der Waals surface area contributed by atoms with Crippen LogP contribution in [0.3, 0.4) is 0 Å². The molecule has 0 bridgehead atoms. The zero-order valence-electron chi connectivity index (χ0n) is 19.8. The minimum absolute atomic E-state index is 0.316. The Hall–Kier alpha value is -4.53. The molecule has 0 heterocycles. The molecule has 0 N–H and O–H groups in total. The van der Waals surface area contributed by atoms with Gasteiger partial charge in [-0.2, -0.15) is 9.83 Å². The minimum Gasteiger partial charge on any atom is -0.385 e. The molecule has 3 aromatic rings. The fraction of sp³-hybridized carbons (Fsp3) is 0.0714. The SMILES string of the molecule is CN(C)c1ccc(C(C#N)=C2C=CC(=NOP(=O)(Oc3ccccc3)Oc3ccccc3)C=C2)cc1. The number of phosphoric acid groups is 1. The highest BCUT2D eigenvalue weighted by molar-refractivity contribution is 7.49. The second kappa shape index (κ2) is 11.3. The highest BCUT2D eigenvalue weighted by Crippen LogP contribution is 2.50. The van der Waals surface area contributed by atoms with Gasteiger partial charge in [0, 0.05) is 19.8 Å². The number of hydrogen-bond donors (Lipinski definition) is 0. The van der Waals surface area contributed by atoms with Crippen LogP contribution in [0.25, 0.3) is 5.57 Å². The van der Waals surface area contributed by atoms with Crippen LogP contribution in [0.15, 0.2) is 120 Å². The largest absolute Gasteiger partial charge is 0.668 e. The maximum Gasteiger partial charge on any atom is 0.668 e. The highest BCUT2D eigenvalue weighted by Gasteiger charge is 2.33. The summed E-state index contributed by atoms with van der Waals surface area (Å²) in [7, 11) is -0.232. The van der Waals surface area contributed by atoms with Crippen molar-refractivity contribution in [2.45, 2.75) is 0 Å². The van der Waals surface area contributed by atoms with Gasteiger partial charge >= 0.3 is 7.82 Å². The van der Waals surface area contributed by atoms with E-state index in [0.717, 1.165) is 16.8 Å². The molecule has 0 spiro atoms. The number of para-hydroxylation sites is 2. The van der Waals surface area contributed by atoms with Crippen LogP contribution < -0.4 is 13.9 Å². The molecule has 7 nitrogen and oxygen atoms in total. The molecule has 3 aromatic carbocycles. The molecular weight excluding hydrogens is 473 g/mol. The number of rotatable bonds is 8. The van der Waals surface area contributed by atoms with E-state index in [9.17, 15) is 9.83 Å². The summed E-state index contributed by atoms with van der Waals surface area (Å²) in [6.45, 7) is 0. The molecule has 0 aliphatic heterocycles. The molecule has 0 radical (unpaired) electrons. The number of benzene rings is 3. The molecule has 0 unspecified atom stereocenters. The van der Waals surface area contributed by atoms with E-state index in [1.54, 1.807) is 72.8 Å². The normalized spacial score (nSPS) is 12.5. The molecule has 0 saturated heterocycles. The van der Waals surface area contributed by atoms with Crippen molar-refractivity contribution in [3.8, 4) is 17.6 Å². The predicted molar refractivity (Wildman–Crippen MR) is 142 cm³/mol. The van der Waals surface area contributed by atoms with Crippen LogP contribution in [-0.2, 0) is 9.19 Å². The lowest BCUT2D eigenvalue weighted by Crippen LogP contribution is -2.08. The summed E-state index contributed by atoms with van der Waals surface area (Å²) in [4.78, 5) is 1.99. The van der Waals surface area contributed by atoms with Crippen LogP contribution in [-0.4, -0.2) is 19.8 Å². The summed E-state index contributed by atoms with van der Waals surface area (Å²) >= 11 is 0. The molecular formula is C28H24N3O4P. The standard InChI is InChI=1S/C28H24N3O4P/c1-31(2)25-19-15-23(16-20-25)28(21-29)22-13-17-24(18-14-22)30-35-36(32,33-26-9-5-3-6-10-26)34-27-11-7-4-8-12-27/h3-20H,1-2H3. The molecule has 36 heavy (non-hydrogen) atoms. The Morgan fingerprint density at radius 3 is 1.81 bits per heavy atom. The van der Waals surface area contributed by atoms with Gasteiger partial charge in [0.1, 0.15) is 23.3 Å². The first-order valence-corrected chi connectivity index (χ1v) is 12.6. The fourth-order valence-electron chi connectivity index (χ4n) is 3.28. The highest BCUT2D eigenvalue weighted by atomic mass is 31.2. The second-order valence-electron chi connectivity index (χ2n) is 7.90. The monoisotopic (exact) mass is 497 g/mol. The van der Waals surface area contributed by atoms with Crippen LogP contribution >= 0.6 is 7.82 Å². The Kier molecular flexibility index (Phi) is 7.69. The van der Waals surface area contributed by atoms with Gasteiger partial charge < -0.3 is 13.9 Å². The van der Waals surface area contributed by atoms with Crippen molar-refractivity contribution in [1.82, 2.24) is 0 Å². The number of oxime groups is 1. The van der Waals surface area contributed by atoms with E-state index in [1.165, 1.54) is 0 Å². The van der Waals surface area contributed by atoms with Gasteiger partial charge in [0.05, 0.1) is 5.57 Å². The number of phosphoric ester groups is 1. The summed E-state index contributed by atoms with van der Waals surface area (Å²) in [5, 5.41) is 13.7. The molecule has 0 aromatic heterocycles. The van der Waals surface area contributed by atoms with Crippen molar-refractivity contribution in [2.24, 2.45) is 5.16 Å². The first-order chi connectivity index (χ1) is 17.5. The number of hydrogen-bond acceptors (Lipinski definition) is 7. The first-order valence-electron chi connectivity index (χ1n) is 11.1. The van der Waals surface area contributed by atoms with E-state index in [2.05, 4.69) is 11.2 Å². The van der Waals surface area contributed by atoms with Crippen molar-refractivity contribution in [2.75, 3.05) is 19.0 Å². The predicted octanol–water partition coefficient (Wildman–Crippen LogP) is 6.79. The van der Waals surface area contributed by atoms with Gasteiger partial charge in [0.25, 0.3) is 0 Å². The van der Waals surface area contributed by atoms with Crippen LogP contribution in [0, 0.1) is 11.3 Å². The van der Waals surface area contributed by atoms with Crippen molar-refractivity contribution in [3.05, 3.63) is 120 Å². The number of nitrogens with zero attached hydrogens (tertiary/aromatic N) is 3. The lowest BCUT2D eigenvalue weighted by Gasteiger charge is -2.16. The first kappa shape index (κ1) is 24.6. The molecule has 0 fully saturated rings. The molecule has 4 rings (SSSR count). The van der Waals surface area contributed by atoms with E-state index in [1.807, 2.05) is 55.4 Å². The number of anilines is 1. The lowest BCUT2D eigenvalue weighted by atomic mass is 9.97. The van der Waals surface area contributed by atoms with Gasteiger partial charge in [-0.1, -0.05) is 65.8 Å². The van der Waals surface area contributed by atoms with Crippen LogP contribution in [0.5, 0.6) is 11.5 Å². The van der Waals surface area contributed by atoms with E-state index >= 15 is 0 Å². The summed E-state index contributed by atoms with van der Waals surface area (Å²) in [6.07, 6.45) is 6.83. The molecule has 1 aliphatic rings. The molecule has 0 atom stereocenters. The van der Waals surface area contributed by atoms with Crippen molar-refractivity contribution in [3.63, 3.8) is 0 Å². The zero-order chi connectivity index (χ0) is 25.4. The van der Waals surface area contributed by atoms with Crippen molar-refractivity contribution >= 4 is 24.8 Å². The Morgan fingerprint density at radius 1 is 0.806 bits per heavy atom. The molecule has 8 heteroatoms. The summed E-state index contributed by atoms with van der Waals surface area (Å²) in [5.41, 5.74) is 3.48. The van der Waals surface area contributed by atoms with Crippen molar-refractivity contribution < 1.29 is 18.2 Å². The summed E-state index contributed by atoms with van der Waals surface area (Å²) in [6, 6.07) is 27.2. The maximum absolute atomic E-state index is 13.4. The van der Waals surface area contributed by atoms with E-state index in [-0.39, 0.29) is 0 Å². The fourth-order valence-corrected chi connectivity index (χ4v) is 4.34. The number of nitriles is 1. The maximum atomic E-state index is 13.4. The van der Waals surface area contributed by atoms with Crippen LogP contribution in [0.4, 0.5) is 5.69 Å². The van der Waals surface area contributed by atoms with E-state index < -0.39 is 7.82 Å². The molecule has 180 valence electrons. The smallest absolute Gasteiger partial charge is 0.385 e. The number of allylic oxidation sites excluding steroid dienone is 6. The third-order valence-corrected chi connectivity index (χ3v) is 6.26. The average molecular weight is 497 g/mol. The van der Waals surface area contributed by atoms with Gasteiger partial charge in [-0.25, -0.2) is 0 Å². The van der Waals surface area contributed by atoms with Gasteiger partial charge in [-0.05, 0) is 59.7 Å². The lowest BCUT2D eigenvalue weighted by molar-refractivity contribution is 0.218. The zero-order valence-corrected chi connectivity index (χ0v) is 20.7. The van der Waals surface area contributed by atoms with E-state index in [4.69, 9.17) is 13.7 Å². The minimum atomic E-state index is -4.15. The topological polar surface area (TPSA) is 84.2 Å². The average Bonchev–Trinajstić information content (AvgIpc) is 2.90. The third kappa shape index (κ3) is 6.32. The van der Waals surface area contributed by atoms with Gasteiger partial charge in [-0.15, -0.1) is 0 Å². The Labute approximate surface area is 210 Å². The molecule has 1 aliphatic carbocycles. The van der Waals surface area contributed by atoms with E-state index in [0.29, 0.717) is 22.8 Å². The molecule has 0 amide bonds. The van der Waals surface area contributed by atoms with Gasteiger partial charge in [-0.3, -0.25) is 4.62 Å².